The molecule has 0 spiro atoms. The number of rotatable bonds is 7. The van der Waals surface area contributed by atoms with Crippen LogP contribution in [0.2, 0.25) is 5.02 Å². The van der Waals surface area contributed by atoms with Gasteiger partial charge in [0.2, 0.25) is 11.7 Å². The van der Waals surface area contributed by atoms with Crippen LogP contribution < -0.4 is 5.32 Å². The molecular formula is C21H20ClF2N5O. The summed E-state index contributed by atoms with van der Waals surface area (Å²) in [6, 6.07) is 13.1. The summed E-state index contributed by atoms with van der Waals surface area (Å²) in [4.78, 5) is 20.8. The number of nitrogens with one attached hydrogen (secondary N) is 1. The molecule has 30 heavy (non-hydrogen) atoms. The zero-order valence-electron chi connectivity index (χ0n) is 16.2. The molecule has 2 atom stereocenters. The van der Waals surface area contributed by atoms with E-state index in [0.29, 0.717) is 36.1 Å². The zero-order chi connectivity index (χ0) is 21.3. The molecule has 2 aromatic heterocycles. The summed E-state index contributed by atoms with van der Waals surface area (Å²) in [6.45, 7) is 2.04. The lowest BCUT2D eigenvalue weighted by Gasteiger charge is -2.18. The molecule has 0 saturated heterocycles. The van der Waals surface area contributed by atoms with Crippen LogP contribution in [0.5, 0.6) is 0 Å². The van der Waals surface area contributed by atoms with Crippen molar-refractivity contribution in [1.29, 1.82) is 0 Å². The van der Waals surface area contributed by atoms with E-state index in [0.717, 1.165) is 5.56 Å². The third-order valence-corrected chi connectivity index (χ3v) is 5.78. The van der Waals surface area contributed by atoms with E-state index in [4.69, 9.17) is 11.6 Å². The Bertz CT molecular complexity index is 1040. The molecular weight excluding hydrogens is 412 g/mol. The molecule has 1 N–H and O–H groups in total. The van der Waals surface area contributed by atoms with Gasteiger partial charge in [-0.1, -0.05) is 41.9 Å². The highest BCUT2D eigenvalue weighted by atomic mass is 35.5. The van der Waals surface area contributed by atoms with E-state index in [1.54, 1.807) is 19.1 Å². The number of pyridine rings is 1. The van der Waals surface area contributed by atoms with Crippen molar-refractivity contribution in [3.8, 4) is 0 Å². The van der Waals surface area contributed by atoms with E-state index < -0.39 is 12.2 Å². The molecule has 1 amide bonds. The van der Waals surface area contributed by atoms with E-state index in [1.165, 1.54) is 10.9 Å². The van der Waals surface area contributed by atoms with E-state index >= 15 is 0 Å². The Balaban J connectivity index is 1.53. The van der Waals surface area contributed by atoms with Gasteiger partial charge in [0, 0.05) is 24.1 Å². The van der Waals surface area contributed by atoms with Crippen LogP contribution in [0.1, 0.15) is 36.5 Å². The predicted octanol–water partition coefficient (Wildman–Crippen LogP) is 4.56. The van der Waals surface area contributed by atoms with Gasteiger partial charge >= 0.3 is 0 Å². The summed E-state index contributed by atoms with van der Waals surface area (Å²) < 4.78 is 27.3. The predicted molar refractivity (Wildman–Crippen MR) is 108 cm³/mol. The number of alkyl halides is 2. The highest BCUT2D eigenvalue weighted by Crippen LogP contribution is 2.57. The summed E-state index contributed by atoms with van der Waals surface area (Å²) in [5, 5.41) is 7.24. The van der Waals surface area contributed by atoms with Gasteiger partial charge in [-0.05, 0) is 37.5 Å². The Morgan fingerprint density at radius 3 is 2.70 bits per heavy atom. The van der Waals surface area contributed by atoms with Crippen LogP contribution in [0.25, 0.3) is 0 Å². The van der Waals surface area contributed by atoms with Crippen LogP contribution >= 0.6 is 11.6 Å². The number of aromatic nitrogens is 4. The third kappa shape index (κ3) is 4.05. The van der Waals surface area contributed by atoms with Gasteiger partial charge in [-0.2, -0.15) is 0 Å². The number of hydrogen-bond acceptors (Lipinski definition) is 4. The first kappa shape index (κ1) is 20.4. The van der Waals surface area contributed by atoms with Gasteiger partial charge in [0.25, 0.3) is 6.43 Å². The topological polar surface area (TPSA) is 72.7 Å². The number of halogens is 3. The maximum atomic E-state index is 12.9. The molecule has 0 bridgehead atoms. The SMILES string of the molecule is Cc1nc(C(F)F)nn1CCC1(c2ccccc2)CC1C(=O)Nc1ccc(Cl)cn1. The first-order valence-electron chi connectivity index (χ1n) is 9.56. The monoisotopic (exact) mass is 431 g/mol. The first-order valence-corrected chi connectivity index (χ1v) is 9.94. The molecule has 1 aliphatic carbocycles. The molecule has 4 rings (SSSR count). The van der Waals surface area contributed by atoms with Crippen LogP contribution in [0.15, 0.2) is 48.7 Å². The molecule has 0 aliphatic heterocycles. The number of anilines is 1. The number of carbonyl (C=O) groups is 1. The summed E-state index contributed by atoms with van der Waals surface area (Å²) in [7, 11) is 0. The lowest BCUT2D eigenvalue weighted by atomic mass is 9.89. The average molecular weight is 432 g/mol. The second kappa shape index (κ2) is 8.10. The number of nitrogens with zero attached hydrogens (tertiary/aromatic N) is 4. The highest BCUT2D eigenvalue weighted by molar-refractivity contribution is 6.30. The molecule has 1 aromatic carbocycles. The van der Waals surface area contributed by atoms with Crippen molar-refractivity contribution < 1.29 is 13.6 Å². The molecule has 1 aliphatic rings. The Morgan fingerprint density at radius 2 is 2.07 bits per heavy atom. The average Bonchev–Trinajstić information content (AvgIpc) is 3.37. The van der Waals surface area contributed by atoms with Crippen molar-refractivity contribution >= 4 is 23.3 Å². The highest BCUT2D eigenvalue weighted by Gasteiger charge is 2.58. The number of hydrogen-bond donors (Lipinski definition) is 1. The van der Waals surface area contributed by atoms with Gasteiger partial charge in [0.15, 0.2) is 0 Å². The molecule has 156 valence electrons. The fraction of sp³-hybridized carbons (Fsp3) is 0.333. The molecule has 2 unspecified atom stereocenters. The smallest absolute Gasteiger partial charge is 0.299 e. The van der Waals surface area contributed by atoms with Crippen molar-refractivity contribution in [1.82, 2.24) is 19.7 Å². The van der Waals surface area contributed by atoms with E-state index in [-0.39, 0.29) is 17.2 Å². The second-order valence-corrected chi connectivity index (χ2v) is 7.86. The van der Waals surface area contributed by atoms with Crippen LogP contribution in [-0.2, 0) is 16.8 Å². The maximum absolute atomic E-state index is 12.9. The number of benzene rings is 1. The van der Waals surface area contributed by atoms with E-state index in [1.807, 2.05) is 30.3 Å². The van der Waals surface area contributed by atoms with Crippen molar-refractivity contribution in [2.24, 2.45) is 5.92 Å². The largest absolute Gasteiger partial charge is 0.310 e. The fourth-order valence-corrected chi connectivity index (χ4v) is 3.99. The van der Waals surface area contributed by atoms with E-state index in [9.17, 15) is 13.6 Å². The van der Waals surface area contributed by atoms with Crippen LogP contribution in [-0.4, -0.2) is 25.7 Å². The summed E-state index contributed by atoms with van der Waals surface area (Å²) in [6.07, 6.45) is 0.00388. The molecule has 0 radical (unpaired) electrons. The minimum Gasteiger partial charge on any atom is -0.310 e. The van der Waals surface area contributed by atoms with Crippen molar-refractivity contribution in [3.63, 3.8) is 0 Å². The van der Waals surface area contributed by atoms with Gasteiger partial charge in [-0.15, -0.1) is 5.10 Å². The molecule has 6 nitrogen and oxygen atoms in total. The number of amides is 1. The van der Waals surface area contributed by atoms with Crippen LogP contribution in [0.3, 0.4) is 0 Å². The quantitative estimate of drug-likeness (QED) is 0.595. The van der Waals surface area contributed by atoms with Gasteiger partial charge in [0.05, 0.1) is 5.02 Å². The summed E-state index contributed by atoms with van der Waals surface area (Å²) in [5.74, 6) is 0.0145. The summed E-state index contributed by atoms with van der Waals surface area (Å²) in [5.41, 5.74) is 0.655. The minimum absolute atomic E-state index is 0.128. The van der Waals surface area contributed by atoms with Crippen LogP contribution in [0.4, 0.5) is 14.6 Å². The molecule has 1 fully saturated rings. The molecule has 3 aromatic rings. The van der Waals surface area contributed by atoms with Crippen molar-refractivity contribution in [2.45, 2.75) is 38.2 Å². The van der Waals surface area contributed by atoms with Crippen molar-refractivity contribution in [3.05, 3.63) is 70.9 Å². The maximum Gasteiger partial charge on any atom is 0.299 e. The molecule has 2 heterocycles. The Labute approximate surface area is 177 Å². The molecule has 9 heteroatoms. The number of aryl methyl sites for hydroxylation is 2. The zero-order valence-corrected chi connectivity index (χ0v) is 17.0. The van der Waals surface area contributed by atoms with Gasteiger partial charge in [0.1, 0.15) is 11.6 Å². The lowest BCUT2D eigenvalue weighted by Crippen LogP contribution is -2.23. The van der Waals surface area contributed by atoms with Gasteiger partial charge < -0.3 is 5.32 Å². The minimum atomic E-state index is -2.71. The lowest BCUT2D eigenvalue weighted by molar-refractivity contribution is -0.117. The Hall–Kier alpha value is -2.87. The third-order valence-electron chi connectivity index (χ3n) is 5.56. The van der Waals surface area contributed by atoms with Crippen LogP contribution in [0, 0.1) is 12.8 Å². The normalized spacial score (nSPS) is 20.4. The standard InChI is InChI=1S/C21H20ClF2N5O/c1-13-26-19(18(23)24)28-29(13)10-9-21(14-5-3-2-4-6-14)11-16(21)20(30)27-17-8-7-15(22)12-25-17/h2-8,12,16,18H,9-11H2,1H3,(H,25,27,30). The summed E-state index contributed by atoms with van der Waals surface area (Å²) >= 11 is 5.85. The van der Waals surface area contributed by atoms with Gasteiger partial charge in [-0.25, -0.2) is 23.4 Å². The first-order chi connectivity index (χ1) is 14.4. The molecule has 1 saturated carbocycles. The van der Waals surface area contributed by atoms with Crippen molar-refractivity contribution in [2.75, 3.05) is 5.32 Å². The van der Waals surface area contributed by atoms with E-state index in [2.05, 4.69) is 20.4 Å². The number of carbonyl (C=O) groups excluding carboxylic acids is 1. The van der Waals surface area contributed by atoms with Gasteiger partial charge in [-0.3, -0.25) is 4.79 Å². The fourth-order valence-electron chi connectivity index (χ4n) is 3.87. The second-order valence-electron chi connectivity index (χ2n) is 7.42. The Morgan fingerprint density at radius 1 is 1.30 bits per heavy atom. The Kier molecular flexibility index (Phi) is 5.51.